The van der Waals surface area contributed by atoms with Crippen LogP contribution in [-0.2, 0) is 19.6 Å². The Bertz CT molecular complexity index is 1530. The lowest BCUT2D eigenvalue weighted by Crippen LogP contribution is -3.11. The first-order valence-electron chi connectivity index (χ1n) is 12.6. The van der Waals surface area contributed by atoms with E-state index in [4.69, 9.17) is 36.3 Å². The Labute approximate surface area is 219 Å². The summed E-state index contributed by atoms with van der Waals surface area (Å²) in [6.45, 7) is 4.05. The van der Waals surface area contributed by atoms with Crippen LogP contribution < -0.4 is 23.8 Å². The van der Waals surface area contributed by atoms with Gasteiger partial charge in [0.2, 0.25) is 4.77 Å². The maximum atomic E-state index is 6.37. The van der Waals surface area contributed by atoms with Crippen molar-refractivity contribution in [2.75, 3.05) is 26.4 Å². The Kier molecular flexibility index (Phi) is 5.59. The SMILES string of the molecule is S=c1n(C[NH+]2CCc3ccccc3C2)nc([C@@H]2COc3ccccc3O2)n1-c1ccc2c(c1)OCCO2. The summed E-state index contributed by atoms with van der Waals surface area (Å²) < 4.78 is 28.5. The smallest absolute Gasteiger partial charge is 0.207 e. The highest BCUT2D eigenvalue weighted by atomic mass is 32.1. The highest BCUT2D eigenvalue weighted by Gasteiger charge is 2.30. The molecular formula is C28H27N4O4S+. The van der Waals surface area contributed by atoms with Crippen LogP contribution in [0.2, 0.25) is 0 Å². The zero-order chi connectivity index (χ0) is 24.8. The summed E-state index contributed by atoms with van der Waals surface area (Å²) in [5.74, 6) is 3.57. The van der Waals surface area contributed by atoms with Gasteiger partial charge in [0, 0.05) is 18.1 Å². The lowest BCUT2D eigenvalue weighted by Gasteiger charge is -2.26. The minimum atomic E-state index is -0.414. The highest BCUT2D eigenvalue weighted by molar-refractivity contribution is 7.71. The predicted octanol–water partition coefficient (Wildman–Crippen LogP) is 3.29. The zero-order valence-corrected chi connectivity index (χ0v) is 21.1. The number of fused-ring (bicyclic) bond motifs is 3. The first-order chi connectivity index (χ1) is 18.2. The van der Waals surface area contributed by atoms with Gasteiger partial charge in [-0.2, -0.15) is 4.68 Å². The van der Waals surface area contributed by atoms with Crippen molar-refractivity contribution in [2.24, 2.45) is 0 Å². The molecule has 3 aliphatic rings. The van der Waals surface area contributed by atoms with Crippen LogP contribution >= 0.6 is 12.2 Å². The van der Waals surface area contributed by atoms with Gasteiger partial charge in [-0.05, 0) is 42.0 Å². The summed E-state index contributed by atoms with van der Waals surface area (Å²) in [5.41, 5.74) is 3.68. The van der Waals surface area contributed by atoms with E-state index in [1.54, 1.807) is 0 Å². The van der Waals surface area contributed by atoms with Crippen molar-refractivity contribution in [1.82, 2.24) is 14.3 Å². The van der Waals surface area contributed by atoms with Crippen LogP contribution in [0.4, 0.5) is 0 Å². The largest absolute Gasteiger partial charge is 0.486 e. The van der Waals surface area contributed by atoms with Crippen LogP contribution in [0.3, 0.4) is 0 Å². The Morgan fingerprint density at radius 3 is 2.51 bits per heavy atom. The van der Waals surface area contributed by atoms with E-state index in [1.165, 1.54) is 16.0 Å². The van der Waals surface area contributed by atoms with Crippen molar-refractivity contribution in [3.63, 3.8) is 0 Å². The van der Waals surface area contributed by atoms with Crippen LogP contribution in [0.5, 0.6) is 23.0 Å². The van der Waals surface area contributed by atoms with Gasteiger partial charge in [0.15, 0.2) is 41.6 Å². The molecule has 4 aromatic rings. The molecule has 0 spiro atoms. The minimum absolute atomic E-state index is 0.345. The first kappa shape index (κ1) is 22.4. The Balaban J connectivity index is 1.27. The third kappa shape index (κ3) is 4.14. The fourth-order valence-corrected chi connectivity index (χ4v) is 5.59. The number of nitrogens with one attached hydrogen (secondary N) is 1. The molecular weight excluding hydrogens is 488 g/mol. The second kappa shape index (κ2) is 9.24. The third-order valence-electron chi connectivity index (χ3n) is 7.13. The van der Waals surface area contributed by atoms with Crippen molar-refractivity contribution < 1.29 is 23.8 Å². The number of ether oxygens (including phenoxy) is 4. The Morgan fingerprint density at radius 2 is 1.62 bits per heavy atom. The number of hydrogen-bond acceptors (Lipinski definition) is 6. The molecule has 8 nitrogen and oxygen atoms in total. The molecule has 0 amide bonds. The topological polar surface area (TPSA) is 64.1 Å². The van der Waals surface area contributed by atoms with E-state index in [1.807, 2.05) is 51.7 Å². The van der Waals surface area contributed by atoms with Crippen molar-refractivity contribution in [3.05, 3.63) is 88.5 Å². The predicted molar refractivity (Wildman–Crippen MR) is 138 cm³/mol. The molecule has 0 fully saturated rings. The maximum absolute atomic E-state index is 6.37. The molecule has 1 unspecified atom stereocenters. The number of benzene rings is 3. The van der Waals surface area contributed by atoms with Gasteiger partial charge >= 0.3 is 0 Å². The molecule has 0 saturated heterocycles. The third-order valence-corrected chi connectivity index (χ3v) is 7.52. The molecule has 4 heterocycles. The molecule has 2 atom stereocenters. The van der Waals surface area contributed by atoms with Gasteiger partial charge in [-0.1, -0.05) is 36.4 Å². The van der Waals surface area contributed by atoms with Crippen molar-refractivity contribution >= 4 is 12.2 Å². The molecule has 0 radical (unpaired) electrons. The fourth-order valence-electron chi connectivity index (χ4n) is 5.29. The average molecular weight is 516 g/mol. The molecule has 0 saturated carbocycles. The van der Waals surface area contributed by atoms with Gasteiger partial charge in [-0.25, -0.2) is 0 Å². The van der Waals surface area contributed by atoms with E-state index in [0.717, 1.165) is 36.7 Å². The molecule has 37 heavy (non-hydrogen) atoms. The van der Waals surface area contributed by atoms with Gasteiger partial charge in [-0.15, -0.1) is 5.10 Å². The number of para-hydroxylation sites is 2. The molecule has 0 bridgehead atoms. The van der Waals surface area contributed by atoms with Crippen molar-refractivity contribution in [3.8, 4) is 28.7 Å². The normalized spacial score (nSPS) is 19.8. The van der Waals surface area contributed by atoms with Crippen LogP contribution in [0.25, 0.3) is 5.69 Å². The van der Waals surface area contributed by atoms with E-state index < -0.39 is 6.10 Å². The summed E-state index contributed by atoms with van der Waals surface area (Å²) in [7, 11) is 0. The molecule has 0 aliphatic carbocycles. The monoisotopic (exact) mass is 515 g/mol. The lowest BCUT2D eigenvalue weighted by atomic mass is 10.0. The van der Waals surface area contributed by atoms with Crippen molar-refractivity contribution in [1.29, 1.82) is 0 Å². The summed E-state index contributed by atoms with van der Waals surface area (Å²) in [6.07, 6.45) is 0.633. The summed E-state index contributed by atoms with van der Waals surface area (Å²) in [6, 6.07) is 22.2. The summed E-state index contributed by atoms with van der Waals surface area (Å²) >= 11 is 6.02. The molecule has 188 valence electrons. The van der Waals surface area contributed by atoms with E-state index >= 15 is 0 Å². The van der Waals surface area contributed by atoms with E-state index in [-0.39, 0.29) is 0 Å². The quantitative estimate of drug-likeness (QED) is 0.421. The molecule has 7 rings (SSSR count). The zero-order valence-electron chi connectivity index (χ0n) is 20.3. The standard InChI is InChI=1S/C28H26N4O4S/c37-28-31(18-30-12-11-19-5-1-2-6-20(19)16-30)29-27(26-17-35-22-7-3-4-8-24(22)36-26)32(28)21-9-10-23-25(15-21)34-14-13-33-23/h1-10,15,26H,11-14,16-18H2/p+1/t26-/m0/s1. The van der Waals surface area contributed by atoms with Gasteiger partial charge in [0.25, 0.3) is 0 Å². The van der Waals surface area contributed by atoms with Crippen LogP contribution in [0.1, 0.15) is 23.1 Å². The van der Waals surface area contributed by atoms with Gasteiger partial charge in [-0.3, -0.25) is 4.57 Å². The molecule has 9 heteroatoms. The van der Waals surface area contributed by atoms with E-state index in [0.29, 0.717) is 48.6 Å². The maximum Gasteiger partial charge on any atom is 0.207 e. The minimum Gasteiger partial charge on any atom is -0.486 e. The van der Waals surface area contributed by atoms with E-state index in [9.17, 15) is 0 Å². The van der Waals surface area contributed by atoms with Gasteiger partial charge in [0.05, 0.1) is 12.2 Å². The molecule has 3 aromatic carbocycles. The highest BCUT2D eigenvalue weighted by Crippen LogP contribution is 2.37. The second-order valence-electron chi connectivity index (χ2n) is 9.52. The summed E-state index contributed by atoms with van der Waals surface area (Å²) in [4.78, 5) is 1.42. The second-order valence-corrected chi connectivity index (χ2v) is 9.89. The summed E-state index contributed by atoms with van der Waals surface area (Å²) in [5, 5.41) is 5.02. The van der Waals surface area contributed by atoms with Crippen molar-refractivity contribution in [2.45, 2.75) is 25.7 Å². The number of rotatable bonds is 4. The number of quaternary nitrogens is 1. The Hall–Kier alpha value is -3.82. The van der Waals surface area contributed by atoms with Crippen LogP contribution in [0, 0.1) is 4.77 Å². The number of aromatic nitrogens is 3. The van der Waals surface area contributed by atoms with Gasteiger partial charge < -0.3 is 23.8 Å². The molecule has 1 aromatic heterocycles. The number of hydrogen-bond donors (Lipinski definition) is 1. The van der Waals surface area contributed by atoms with E-state index in [2.05, 4.69) is 24.3 Å². The first-order valence-corrected chi connectivity index (χ1v) is 13.0. The molecule has 3 aliphatic heterocycles. The fraction of sp³-hybridized carbons (Fsp3) is 0.286. The van der Waals surface area contributed by atoms with Gasteiger partial charge in [0.1, 0.15) is 26.4 Å². The van der Waals surface area contributed by atoms with Crippen LogP contribution in [-0.4, -0.2) is 40.7 Å². The number of nitrogens with zero attached hydrogens (tertiary/aromatic N) is 3. The average Bonchev–Trinajstić information content (AvgIpc) is 3.27. The molecule has 1 N–H and O–H groups in total. The van der Waals surface area contributed by atoms with Crippen LogP contribution in [0.15, 0.2) is 66.7 Å². The lowest BCUT2D eigenvalue weighted by molar-refractivity contribution is -0.939. The Morgan fingerprint density at radius 1 is 0.865 bits per heavy atom.